The summed E-state index contributed by atoms with van der Waals surface area (Å²) in [6.07, 6.45) is 15.2. The summed E-state index contributed by atoms with van der Waals surface area (Å²) in [5.41, 5.74) is 2.85. The number of amidine groups is 4. The molecule has 18 nitrogen and oxygen atoms in total. The molecule has 0 saturated heterocycles. The van der Waals surface area contributed by atoms with Crippen LogP contribution in [0.15, 0.2) is 201 Å². The molecule has 10 heterocycles. The van der Waals surface area contributed by atoms with Gasteiger partial charge in [0.2, 0.25) is 24.8 Å². The van der Waals surface area contributed by atoms with Crippen LogP contribution in [0.5, 0.6) is 46.0 Å². The maximum absolute atomic E-state index is 13.7. The Morgan fingerprint density at radius 3 is 1.14 bits per heavy atom. The van der Waals surface area contributed by atoms with Crippen LogP contribution in [0, 0.1) is 0 Å². The second-order valence-corrected chi connectivity index (χ2v) is 20.7. The first-order chi connectivity index (χ1) is 36.4. The van der Waals surface area contributed by atoms with Crippen LogP contribution in [-0.4, -0.2) is 50.3 Å². The van der Waals surface area contributed by atoms with E-state index in [0.29, 0.717) is 89.8 Å². The Morgan fingerprint density at radius 2 is 0.709 bits per heavy atom. The first kappa shape index (κ1) is 55.4. The molecule has 0 saturated carbocycles. The largest absolute Gasteiger partial charge is 1.00 e. The molecule has 14 rings (SSSR count). The van der Waals surface area contributed by atoms with Crippen LogP contribution in [0.4, 0.5) is 11.6 Å². The Kier molecular flexibility index (Phi) is 15.2. The van der Waals surface area contributed by atoms with Gasteiger partial charge < -0.3 is 124 Å². The number of pyridine rings is 4. The minimum absolute atomic E-state index is 0. The van der Waals surface area contributed by atoms with Crippen LogP contribution in [0.1, 0.15) is 22.3 Å². The van der Waals surface area contributed by atoms with Crippen molar-refractivity contribution in [1.82, 2.24) is 8.47 Å². The average Bonchev–Trinajstić information content (AvgIpc) is 4.28. The lowest BCUT2D eigenvalue weighted by Gasteiger charge is -2.23. The van der Waals surface area contributed by atoms with E-state index in [1.54, 1.807) is 0 Å². The SMILES string of the molecule is C[n+]1cccc(Oc2ccc3c(c2)C2=Nc4c5cc(Oc6ccc[n+](C)c6)ccc5c5n4[Si](O)(O)n4c(c6ccc(Oc7ccc[n+](C)c7)cc6c4=NC4=NC(=N5)c5cc(Oc6ccc[n+](C)c6)ccc54)=NC3=N2)c1.[I-].[I-].[I-].[I-]. The van der Waals surface area contributed by atoms with Crippen molar-refractivity contribution in [3.8, 4) is 46.0 Å². The first-order valence-corrected chi connectivity index (χ1v) is 25.7. The van der Waals surface area contributed by atoms with Gasteiger partial charge in [0.15, 0.2) is 71.1 Å². The molecule has 4 aliphatic rings. The molecule has 394 valence electrons. The van der Waals surface area contributed by atoms with E-state index < -0.39 is 8.88 Å². The molecule has 0 spiro atoms. The Labute approximate surface area is 519 Å². The van der Waals surface area contributed by atoms with E-state index in [-0.39, 0.29) is 142 Å². The van der Waals surface area contributed by atoms with Gasteiger partial charge in [0, 0.05) is 68.1 Å². The van der Waals surface area contributed by atoms with Crippen molar-refractivity contribution in [2.75, 3.05) is 0 Å². The van der Waals surface area contributed by atoms with Crippen molar-refractivity contribution in [3.63, 3.8) is 0 Å². The number of ether oxygens (including phenoxy) is 4. The molecule has 23 heteroatoms. The molecule has 10 aromatic rings. The minimum Gasteiger partial charge on any atom is -1.00 e. The summed E-state index contributed by atoms with van der Waals surface area (Å²) >= 11 is 0. The zero-order chi connectivity index (χ0) is 50.7. The van der Waals surface area contributed by atoms with Gasteiger partial charge in [-0.15, -0.1) is 0 Å². The summed E-state index contributed by atoms with van der Waals surface area (Å²) in [6, 6.07) is 37.3. The molecule has 0 amide bonds. The average molecular weight is 1510 g/mol. The topological polar surface area (TPSA) is 177 Å². The Hall–Kier alpha value is -6.90. The quantitative estimate of drug-likeness (QED) is 0.0871. The monoisotopic (exact) mass is 1510 g/mol. The molecule has 0 unspecified atom stereocenters. The van der Waals surface area contributed by atoms with Gasteiger partial charge in [0.1, 0.15) is 73.8 Å². The summed E-state index contributed by atoms with van der Waals surface area (Å²) in [7, 11) is 2.41. The smallest absolute Gasteiger partial charge is 0.597 e. The highest BCUT2D eigenvalue weighted by Crippen LogP contribution is 2.45. The lowest BCUT2D eigenvalue weighted by Crippen LogP contribution is -3.00. The van der Waals surface area contributed by atoms with E-state index in [4.69, 9.17) is 48.9 Å². The van der Waals surface area contributed by atoms with Crippen molar-refractivity contribution in [2.45, 2.75) is 0 Å². The Bertz CT molecular complexity index is 4450. The number of halogens is 4. The molecule has 0 atom stereocenters. The number of hydrogen-bond acceptors (Lipinski definition) is 12. The van der Waals surface area contributed by atoms with Gasteiger partial charge in [-0.1, -0.05) is 0 Å². The standard InChI is InChI=1S/C56H42N12O6Si.4HI/c1-63-21-5-9-37(29-63)71-33-14-18-42-45(25-33)51-58-50(42)60-55-47-27-35(73-39-11-7-23-65(3)31-39)15-19-43(47)53-59-49-41-17-13-34(72-38-10-6-22-64(2)30-38)26-46(41)52(57-49)62-56-48-28-36(74-40-12-8-24-66(4)32-40)16-20-44(48)54(61-51)68(56)75(69,70)67(53)55;;;;/h5-32,69-70H,1-4H3;4*1H/q+4;;;;/p-4. The molecule has 0 fully saturated rings. The molecule has 0 radical (unpaired) electrons. The number of rotatable bonds is 8. The fraction of sp³-hybridized carbons (Fsp3) is 0.0714. The van der Waals surface area contributed by atoms with E-state index in [2.05, 4.69) is 0 Å². The molecule has 4 aromatic carbocycles. The predicted octanol–water partition coefficient (Wildman–Crippen LogP) is -6.16. The molecule has 0 aliphatic carbocycles. The number of aromatic nitrogens is 6. The van der Waals surface area contributed by atoms with Crippen molar-refractivity contribution >= 4 is 65.4 Å². The lowest BCUT2D eigenvalue weighted by molar-refractivity contribution is -0.671. The molecule has 79 heavy (non-hydrogen) atoms. The second kappa shape index (κ2) is 21.6. The van der Waals surface area contributed by atoms with E-state index in [9.17, 15) is 9.59 Å². The Morgan fingerprint density at radius 1 is 0.354 bits per heavy atom. The highest BCUT2D eigenvalue weighted by molar-refractivity contribution is 6.63. The first-order valence-electron chi connectivity index (χ1n) is 23.9. The maximum Gasteiger partial charge on any atom is 0.597 e. The van der Waals surface area contributed by atoms with Gasteiger partial charge in [-0.3, -0.25) is 8.47 Å². The zero-order valence-corrected chi connectivity index (χ0v) is 51.7. The van der Waals surface area contributed by atoms with E-state index in [1.807, 2.05) is 217 Å². The van der Waals surface area contributed by atoms with Crippen molar-refractivity contribution < 1.29 is 143 Å². The third kappa shape index (κ3) is 9.91. The minimum atomic E-state index is -5.27. The number of aliphatic imine (C=N–C) groups is 4. The van der Waals surface area contributed by atoms with Crippen molar-refractivity contribution in [1.29, 1.82) is 0 Å². The maximum atomic E-state index is 13.7. The zero-order valence-electron chi connectivity index (χ0n) is 42.1. The Balaban J connectivity index is 0.00000176. The second-order valence-electron chi connectivity index (χ2n) is 18.6. The summed E-state index contributed by atoms with van der Waals surface area (Å²) in [5.74, 6) is 5.85. The fourth-order valence-electron chi connectivity index (χ4n) is 9.87. The lowest BCUT2D eigenvalue weighted by atomic mass is 10.1. The van der Waals surface area contributed by atoms with Crippen LogP contribution in [0.3, 0.4) is 0 Å². The fourth-order valence-corrected chi connectivity index (χ4v) is 11.9. The van der Waals surface area contributed by atoms with Gasteiger partial charge in [-0.05, 0) is 97.1 Å². The normalized spacial score (nSPS) is 13.6. The van der Waals surface area contributed by atoms with Crippen LogP contribution in [-0.2, 0) is 28.2 Å². The number of aryl methyl sites for hydroxylation is 4. The highest BCUT2D eigenvalue weighted by atomic mass is 127. The molecular formula is C56H42I4N12O6Si. The summed E-state index contributed by atoms with van der Waals surface area (Å²) in [5, 5.41) is 2.06. The molecule has 4 aliphatic heterocycles. The van der Waals surface area contributed by atoms with E-state index >= 15 is 0 Å². The van der Waals surface area contributed by atoms with E-state index in [1.165, 1.54) is 8.47 Å². The molecule has 6 aromatic heterocycles. The van der Waals surface area contributed by atoms with Crippen LogP contribution in [0.2, 0.25) is 0 Å². The molecule has 6 bridgehead atoms. The summed E-state index contributed by atoms with van der Waals surface area (Å²) < 4.78 is 36.2. The third-order valence-corrected chi connectivity index (χ3v) is 15.2. The molecular weight excluding hydrogens is 1470 g/mol. The van der Waals surface area contributed by atoms with Crippen LogP contribution < -0.4 is 144 Å². The van der Waals surface area contributed by atoms with Crippen LogP contribution >= 0.6 is 0 Å². The van der Waals surface area contributed by atoms with Crippen LogP contribution in [0.25, 0.3) is 21.5 Å². The highest BCUT2D eigenvalue weighted by Gasteiger charge is 2.47. The van der Waals surface area contributed by atoms with Gasteiger partial charge in [0.25, 0.3) is 0 Å². The van der Waals surface area contributed by atoms with Crippen molar-refractivity contribution in [2.24, 2.45) is 58.1 Å². The van der Waals surface area contributed by atoms with E-state index in [0.717, 1.165) is 0 Å². The van der Waals surface area contributed by atoms with Gasteiger partial charge in [0.05, 0.1) is 0 Å². The number of benzene rings is 4. The van der Waals surface area contributed by atoms with Crippen molar-refractivity contribution in [3.05, 3.63) is 204 Å². The summed E-state index contributed by atoms with van der Waals surface area (Å²) in [4.78, 5) is 58.9. The number of fused-ring (bicyclic) bond motifs is 14. The van der Waals surface area contributed by atoms with Gasteiger partial charge in [-0.25, -0.2) is 48.2 Å². The van der Waals surface area contributed by atoms with Gasteiger partial charge >= 0.3 is 8.88 Å². The molecule has 2 N–H and O–H groups in total. The predicted molar refractivity (Wildman–Crippen MR) is 276 cm³/mol. The third-order valence-electron chi connectivity index (χ3n) is 13.2. The summed E-state index contributed by atoms with van der Waals surface area (Å²) in [6.45, 7) is 0. The van der Waals surface area contributed by atoms with Gasteiger partial charge in [-0.2, -0.15) is 0 Å². The number of hydrogen-bond donors (Lipinski definition) is 2. The number of nitrogens with zero attached hydrogens (tertiary/aromatic N) is 12.